The minimum atomic E-state index is -0.270. The van der Waals surface area contributed by atoms with Crippen LogP contribution in [-0.2, 0) is 6.54 Å². The molecule has 0 spiro atoms. The van der Waals surface area contributed by atoms with E-state index in [9.17, 15) is 4.39 Å². The minimum Gasteiger partial charge on any atom is -0.494 e. The summed E-state index contributed by atoms with van der Waals surface area (Å²) in [5.41, 5.74) is 1.03. The fourth-order valence-electron chi connectivity index (χ4n) is 2.95. The maximum atomic E-state index is 13.8. The summed E-state index contributed by atoms with van der Waals surface area (Å²) >= 11 is 0. The number of nitrogens with one attached hydrogen (secondary N) is 1. The lowest BCUT2D eigenvalue weighted by atomic mass is 9.98. The zero-order valence-electron chi connectivity index (χ0n) is 12.5. The molecule has 1 saturated heterocycles. The normalized spacial score (nSPS) is 20.1. The summed E-state index contributed by atoms with van der Waals surface area (Å²) in [7, 11) is 3.49. The molecule has 112 valence electrons. The molecule has 20 heavy (non-hydrogen) atoms. The summed E-state index contributed by atoms with van der Waals surface area (Å²) in [6.45, 7) is 2.98. The Morgan fingerprint density at radius 3 is 2.95 bits per heavy atom. The van der Waals surface area contributed by atoms with Crippen LogP contribution in [0.25, 0.3) is 0 Å². The van der Waals surface area contributed by atoms with Crippen molar-refractivity contribution in [3.05, 3.63) is 29.6 Å². The standard InChI is InChI=1S/C16H25FN2O/c1-18-9-8-14-5-3-4-10-19(14)12-13-6-7-16(20-2)15(17)11-13/h6-7,11,14,18H,3-5,8-10,12H2,1-2H3. The topological polar surface area (TPSA) is 24.5 Å². The molecule has 0 aliphatic carbocycles. The Morgan fingerprint density at radius 1 is 1.40 bits per heavy atom. The van der Waals surface area contributed by atoms with E-state index in [0.717, 1.165) is 31.6 Å². The van der Waals surface area contributed by atoms with Crippen LogP contribution in [0.1, 0.15) is 31.2 Å². The van der Waals surface area contributed by atoms with Crippen molar-refractivity contribution in [3.63, 3.8) is 0 Å². The number of nitrogens with zero attached hydrogens (tertiary/aromatic N) is 1. The number of halogens is 1. The van der Waals surface area contributed by atoms with Gasteiger partial charge in [-0.1, -0.05) is 12.5 Å². The van der Waals surface area contributed by atoms with Crippen molar-refractivity contribution >= 4 is 0 Å². The van der Waals surface area contributed by atoms with Gasteiger partial charge in [-0.05, 0) is 57.1 Å². The number of piperidine rings is 1. The van der Waals surface area contributed by atoms with E-state index >= 15 is 0 Å². The summed E-state index contributed by atoms with van der Waals surface area (Å²) in [5.74, 6) is 0.0490. The number of benzene rings is 1. The first-order valence-electron chi connectivity index (χ1n) is 7.45. The molecular formula is C16H25FN2O. The number of likely N-dealkylation sites (tertiary alicyclic amines) is 1. The van der Waals surface area contributed by atoms with Crippen molar-refractivity contribution in [1.29, 1.82) is 0 Å². The lowest BCUT2D eigenvalue weighted by Crippen LogP contribution is -2.40. The quantitative estimate of drug-likeness (QED) is 0.867. The molecular weight excluding hydrogens is 255 g/mol. The summed E-state index contributed by atoms with van der Waals surface area (Å²) in [6, 6.07) is 5.90. The molecule has 0 radical (unpaired) electrons. The number of ether oxygens (including phenoxy) is 1. The van der Waals surface area contributed by atoms with Gasteiger partial charge in [0.2, 0.25) is 0 Å². The molecule has 2 rings (SSSR count). The molecule has 0 amide bonds. The molecule has 1 fully saturated rings. The first-order valence-corrected chi connectivity index (χ1v) is 7.45. The first kappa shape index (κ1) is 15.3. The van der Waals surface area contributed by atoms with Crippen LogP contribution in [0.4, 0.5) is 4.39 Å². The van der Waals surface area contributed by atoms with Crippen LogP contribution in [0.2, 0.25) is 0 Å². The lowest BCUT2D eigenvalue weighted by Gasteiger charge is -2.36. The van der Waals surface area contributed by atoms with Crippen LogP contribution in [0.3, 0.4) is 0 Å². The van der Waals surface area contributed by atoms with Gasteiger partial charge in [-0.25, -0.2) is 4.39 Å². The van der Waals surface area contributed by atoms with Gasteiger partial charge in [-0.2, -0.15) is 0 Å². The number of methoxy groups -OCH3 is 1. The molecule has 1 N–H and O–H groups in total. The van der Waals surface area contributed by atoms with Crippen molar-refractivity contribution in [2.24, 2.45) is 0 Å². The second-order valence-electron chi connectivity index (χ2n) is 5.48. The highest BCUT2D eigenvalue weighted by atomic mass is 19.1. The Hall–Kier alpha value is -1.13. The molecule has 1 aromatic rings. The molecule has 1 unspecified atom stereocenters. The minimum absolute atomic E-state index is 0.270. The van der Waals surface area contributed by atoms with Crippen molar-refractivity contribution < 1.29 is 9.13 Å². The van der Waals surface area contributed by atoms with E-state index in [4.69, 9.17) is 4.74 Å². The molecule has 4 heteroatoms. The molecule has 3 nitrogen and oxygen atoms in total. The molecule has 1 aliphatic rings. The molecule has 0 aromatic heterocycles. The van der Waals surface area contributed by atoms with Gasteiger partial charge in [-0.15, -0.1) is 0 Å². The van der Waals surface area contributed by atoms with E-state index in [0.29, 0.717) is 11.8 Å². The number of hydrogen-bond donors (Lipinski definition) is 1. The summed E-state index contributed by atoms with van der Waals surface area (Å²) in [4.78, 5) is 2.49. The third-order valence-electron chi connectivity index (χ3n) is 4.08. The van der Waals surface area contributed by atoms with Gasteiger partial charge in [0.05, 0.1) is 7.11 Å². The van der Waals surface area contributed by atoms with Crippen LogP contribution in [0.5, 0.6) is 5.75 Å². The van der Waals surface area contributed by atoms with E-state index in [1.165, 1.54) is 26.4 Å². The summed E-state index contributed by atoms with van der Waals surface area (Å²) in [5, 5.41) is 3.22. The van der Waals surface area contributed by atoms with Crippen LogP contribution in [0, 0.1) is 5.82 Å². The monoisotopic (exact) mass is 280 g/mol. The molecule has 1 atom stereocenters. The van der Waals surface area contributed by atoms with E-state index in [-0.39, 0.29) is 5.82 Å². The van der Waals surface area contributed by atoms with Gasteiger partial charge in [-0.3, -0.25) is 4.90 Å². The highest BCUT2D eigenvalue weighted by Gasteiger charge is 2.22. The smallest absolute Gasteiger partial charge is 0.165 e. The maximum absolute atomic E-state index is 13.8. The third kappa shape index (κ3) is 3.93. The fourth-order valence-corrected chi connectivity index (χ4v) is 2.95. The Labute approximate surface area is 121 Å². The van der Waals surface area contributed by atoms with Crippen LogP contribution in [0.15, 0.2) is 18.2 Å². The molecule has 0 bridgehead atoms. The van der Waals surface area contributed by atoms with Crippen molar-refractivity contribution in [3.8, 4) is 5.75 Å². The van der Waals surface area contributed by atoms with Crippen LogP contribution in [-0.4, -0.2) is 38.2 Å². The van der Waals surface area contributed by atoms with Gasteiger partial charge in [0, 0.05) is 12.6 Å². The van der Waals surface area contributed by atoms with Crippen molar-refractivity contribution in [2.75, 3.05) is 27.2 Å². The Bertz CT molecular complexity index is 425. The van der Waals surface area contributed by atoms with Gasteiger partial charge in [0.25, 0.3) is 0 Å². The number of hydrogen-bond acceptors (Lipinski definition) is 3. The predicted octanol–water partition coefficient (Wildman–Crippen LogP) is 2.80. The molecule has 1 aromatic carbocycles. The predicted molar refractivity (Wildman–Crippen MR) is 79.5 cm³/mol. The van der Waals surface area contributed by atoms with E-state index < -0.39 is 0 Å². The SMILES string of the molecule is CNCCC1CCCCN1Cc1ccc(OC)c(F)c1. The fraction of sp³-hybridized carbons (Fsp3) is 0.625. The van der Waals surface area contributed by atoms with Crippen molar-refractivity contribution in [1.82, 2.24) is 10.2 Å². The van der Waals surface area contributed by atoms with Crippen LogP contribution >= 0.6 is 0 Å². The average molecular weight is 280 g/mol. The summed E-state index contributed by atoms with van der Waals surface area (Å²) in [6.07, 6.45) is 4.96. The zero-order chi connectivity index (χ0) is 14.4. The van der Waals surface area contributed by atoms with Gasteiger partial charge in [0.1, 0.15) is 0 Å². The van der Waals surface area contributed by atoms with Gasteiger partial charge >= 0.3 is 0 Å². The van der Waals surface area contributed by atoms with E-state index in [2.05, 4.69) is 10.2 Å². The zero-order valence-corrected chi connectivity index (χ0v) is 12.5. The lowest BCUT2D eigenvalue weighted by molar-refractivity contribution is 0.132. The van der Waals surface area contributed by atoms with Gasteiger partial charge in [0.15, 0.2) is 11.6 Å². The van der Waals surface area contributed by atoms with Crippen molar-refractivity contribution in [2.45, 2.75) is 38.3 Å². The average Bonchev–Trinajstić information content (AvgIpc) is 2.46. The Kier molecular flexibility index (Phi) is 5.80. The molecule has 0 saturated carbocycles. The van der Waals surface area contributed by atoms with E-state index in [1.54, 1.807) is 12.1 Å². The Morgan fingerprint density at radius 2 is 2.25 bits per heavy atom. The highest BCUT2D eigenvalue weighted by Crippen LogP contribution is 2.24. The van der Waals surface area contributed by atoms with Crippen LogP contribution < -0.4 is 10.1 Å². The second kappa shape index (κ2) is 7.60. The summed E-state index contributed by atoms with van der Waals surface area (Å²) < 4.78 is 18.7. The van der Waals surface area contributed by atoms with E-state index in [1.807, 2.05) is 13.1 Å². The Balaban J connectivity index is 2.00. The number of rotatable bonds is 6. The third-order valence-corrected chi connectivity index (χ3v) is 4.08. The molecule has 1 aliphatic heterocycles. The largest absolute Gasteiger partial charge is 0.494 e. The highest BCUT2D eigenvalue weighted by molar-refractivity contribution is 5.29. The maximum Gasteiger partial charge on any atom is 0.165 e. The molecule has 1 heterocycles. The van der Waals surface area contributed by atoms with Gasteiger partial charge < -0.3 is 10.1 Å². The first-order chi connectivity index (χ1) is 9.74. The second-order valence-corrected chi connectivity index (χ2v) is 5.48.